The number of ketones is 2. The Morgan fingerprint density at radius 1 is 1.30 bits per heavy atom. The summed E-state index contributed by atoms with van der Waals surface area (Å²) in [7, 11) is 2.72. The minimum absolute atomic E-state index is 0.0686. The zero-order valence-corrected chi connectivity index (χ0v) is 15.1. The van der Waals surface area contributed by atoms with Crippen molar-refractivity contribution < 1.29 is 33.4 Å². The third-order valence-corrected chi connectivity index (χ3v) is 4.67. The first-order valence-electron chi connectivity index (χ1n) is 8.21. The average molecular weight is 377 g/mol. The molecule has 0 spiro atoms. The summed E-state index contributed by atoms with van der Waals surface area (Å²) in [4.78, 5) is 48.5. The van der Waals surface area contributed by atoms with Gasteiger partial charge in [0.15, 0.2) is 5.76 Å². The maximum Gasteiger partial charge on any atom is 0.407 e. The number of rotatable bonds is 4. The Bertz CT molecular complexity index is 897. The molecular weight excluding hydrogens is 358 g/mol. The van der Waals surface area contributed by atoms with Gasteiger partial charge in [-0.15, -0.1) is 0 Å². The second-order valence-corrected chi connectivity index (χ2v) is 6.10. The SMILES string of the molecule is CNC(=O)OC1CCn2c3c(c(COC(N)=O)c21)C(=O)C(OC)=C(C)C3=O. The van der Waals surface area contributed by atoms with Crippen LogP contribution in [0.4, 0.5) is 9.59 Å². The number of Topliss-reactive ketones (excluding diaryl/α,β-unsaturated/α-hetero) is 2. The van der Waals surface area contributed by atoms with Crippen LogP contribution in [0.1, 0.15) is 51.6 Å². The van der Waals surface area contributed by atoms with Gasteiger partial charge in [0.2, 0.25) is 11.6 Å². The third-order valence-electron chi connectivity index (χ3n) is 4.67. The minimum atomic E-state index is -1.03. The quantitative estimate of drug-likeness (QED) is 0.803. The maximum atomic E-state index is 12.9. The molecule has 10 nitrogen and oxygen atoms in total. The molecule has 1 aliphatic heterocycles. The Morgan fingerprint density at radius 2 is 2.00 bits per heavy atom. The lowest BCUT2D eigenvalue weighted by Crippen LogP contribution is -2.24. The number of hydrogen-bond acceptors (Lipinski definition) is 7. The standard InChI is InChI=1S/C17H19N3O7/c1-7-13(21)12-10(14(22)15(7)25-3)8(6-26-16(18)23)11-9(4-5-20(11)12)27-17(24)19-2/h9H,4-6H2,1-3H3,(H2,18,23)(H,19,24). The average Bonchev–Trinajstić information content (AvgIpc) is 3.17. The molecule has 0 saturated heterocycles. The van der Waals surface area contributed by atoms with Gasteiger partial charge in [-0.3, -0.25) is 9.59 Å². The van der Waals surface area contributed by atoms with Gasteiger partial charge in [0.1, 0.15) is 18.4 Å². The first-order chi connectivity index (χ1) is 12.8. The predicted octanol–water partition coefficient (Wildman–Crippen LogP) is 1.18. The smallest absolute Gasteiger partial charge is 0.407 e. The summed E-state index contributed by atoms with van der Waals surface area (Å²) in [5.74, 6) is -0.928. The Labute approximate surface area is 154 Å². The van der Waals surface area contributed by atoms with Crippen LogP contribution in [-0.4, -0.2) is 42.5 Å². The fourth-order valence-electron chi connectivity index (χ4n) is 3.56. The highest BCUT2D eigenvalue weighted by Gasteiger charge is 2.43. The first-order valence-corrected chi connectivity index (χ1v) is 8.21. The number of carbonyl (C=O) groups is 4. The van der Waals surface area contributed by atoms with Crippen molar-refractivity contribution in [1.82, 2.24) is 9.88 Å². The summed E-state index contributed by atoms with van der Waals surface area (Å²) in [5.41, 5.74) is 6.24. The van der Waals surface area contributed by atoms with Crippen molar-refractivity contribution in [2.75, 3.05) is 14.2 Å². The number of nitrogens with zero attached hydrogens (tertiary/aromatic N) is 1. The summed E-state index contributed by atoms with van der Waals surface area (Å²) in [6.07, 6.45) is -1.97. The number of amides is 2. The Kier molecular flexibility index (Phi) is 4.64. The van der Waals surface area contributed by atoms with Crippen LogP contribution in [-0.2, 0) is 27.4 Å². The molecule has 1 aliphatic carbocycles. The van der Waals surface area contributed by atoms with Crippen molar-refractivity contribution >= 4 is 23.8 Å². The number of primary amides is 1. The lowest BCUT2D eigenvalue weighted by Gasteiger charge is -2.18. The first kappa shape index (κ1) is 18.5. The summed E-state index contributed by atoms with van der Waals surface area (Å²) in [6, 6.07) is 0. The third kappa shape index (κ3) is 2.82. The molecule has 0 fully saturated rings. The Balaban J connectivity index is 2.18. The van der Waals surface area contributed by atoms with Crippen LogP contribution in [0.15, 0.2) is 11.3 Å². The van der Waals surface area contributed by atoms with Crippen LogP contribution in [0.2, 0.25) is 0 Å². The van der Waals surface area contributed by atoms with E-state index >= 15 is 0 Å². The zero-order valence-electron chi connectivity index (χ0n) is 15.1. The number of fused-ring (bicyclic) bond motifs is 3. The van der Waals surface area contributed by atoms with Crippen molar-refractivity contribution in [2.24, 2.45) is 5.73 Å². The molecule has 0 radical (unpaired) electrons. The molecule has 0 aromatic carbocycles. The summed E-state index contributed by atoms with van der Waals surface area (Å²) < 4.78 is 17.0. The molecular formula is C17H19N3O7. The molecule has 0 bridgehead atoms. The van der Waals surface area contributed by atoms with E-state index in [0.717, 1.165) is 0 Å². The molecule has 1 unspecified atom stereocenters. The number of methoxy groups -OCH3 is 1. The van der Waals surface area contributed by atoms with Gasteiger partial charge in [0, 0.05) is 31.1 Å². The van der Waals surface area contributed by atoms with Crippen LogP contribution in [0.25, 0.3) is 0 Å². The monoisotopic (exact) mass is 377 g/mol. The van der Waals surface area contributed by atoms with Crippen LogP contribution in [0.5, 0.6) is 0 Å². The van der Waals surface area contributed by atoms with Crippen LogP contribution in [0.3, 0.4) is 0 Å². The van der Waals surface area contributed by atoms with Crippen molar-refractivity contribution in [3.05, 3.63) is 33.8 Å². The van der Waals surface area contributed by atoms with Gasteiger partial charge in [-0.25, -0.2) is 9.59 Å². The van der Waals surface area contributed by atoms with E-state index in [0.29, 0.717) is 18.7 Å². The molecule has 1 atom stereocenters. The number of carbonyl (C=O) groups excluding carboxylic acids is 4. The van der Waals surface area contributed by atoms with Crippen molar-refractivity contribution in [3.8, 4) is 0 Å². The highest BCUT2D eigenvalue weighted by Crippen LogP contribution is 2.42. The van der Waals surface area contributed by atoms with E-state index in [2.05, 4.69) is 5.32 Å². The number of nitrogens with two attached hydrogens (primary N) is 1. The number of hydrogen-bond donors (Lipinski definition) is 2. The second-order valence-electron chi connectivity index (χ2n) is 6.10. The number of nitrogens with one attached hydrogen (secondary N) is 1. The van der Waals surface area contributed by atoms with Crippen LogP contribution in [0, 0.1) is 0 Å². The lowest BCUT2D eigenvalue weighted by atomic mass is 9.90. The van der Waals surface area contributed by atoms with Gasteiger partial charge in [-0.1, -0.05) is 0 Å². The molecule has 2 aliphatic rings. The molecule has 3 rings (SSSR count). The highest BCUT2D eigenvalue weighted by molar-refractivity contribution is 6.26. The molecule has 1 aromatic rings. The van der Waals surface area contributed by atoms with Gasteiger partial charge in [-0.2, -0.15) is 0 Å². The van der Waals surface area contributed by atoms with E-state index in [1.807, 2.05) is 0 Å². The fourth-order valence-corrected chi connectivity index (χ4v) is 3.56. The van der Waals surface area contributed by atoms with E-state index in [-0.39, 0.29) is 40.5 Å². The number of allylic oxidation sites excluding steroid dienone is 2. The number of alkyl carbamates (subject to hydrolysis) is 1. The molecule has 2 heterocycles. The highest BCUT2D eigenvalue weighted by atomic mass is 16.6. The maximum absolute atomic E-state index is 12.9. The normalized spacial score (nSPS) is 18.1. The van der Waals surface area contributed by atoms with Gasteiger partial charge in [0.25, 0.3) is 0 Å². The molecule has 1 aromatic heterocycles. The van der Waals surface area contributed by atoms with Gasteiger partial charge >= 0.3 is 12.2 Å². The summed E-state index contributed by atoms with van der Waals surface area (Å²) >= 11 is 0. The number of ether oxygens (including phenoxy) is 3. The zero-order chi connectivity index (χ0) is 19.9. The van der Waals surface area contributed by atoms with Crippen LogP contribution < -0.4 is 11.1 Å². The summed E-state index contributed by atoms with van der Waals surface area (Å²) in [6.45, 7) is 1.54. The molecule has 144 valence electrons. The van der Waals surface area contributed by atoms with Crippen molar-refractivity contribution in [3.63, 3.8) is 0 Å². The van der Waals surface area contributed by atoms with Gasteiger partial charge < -0.3 is 29.8 Å². The summed E-state index contributed by atoms with van der Waals surface area (Å²) in [5, 5.41) is 2.36. The predicted molar refractivity (Wildman–Crippen MR) is 90.1 cm³/mol. The molecule has 3 N–H and O–H groups in total. The van der Waals surface area contributed by atoms with E-state index in [4.69, 9.17) is 19.9 Å². The topological polar surface area (TPSA) is 139 Å². The fraction of sp³-hybridized carbons (Fsp3) is 0.412. The van der Waals surface area contributed by atoms with E-state index in [1.54, 1.807) is 4.57 Å². The van der Waals surface area contributed by atoms with E-state index in [1.165, 1.54) is 21.1 Å². The largest absolute Gasteiger partial charge is 0.492 e. The molecule has 10 heteroatoms. The van der Waals surface area contributed by atoms with Crippen LogP contribution >= 0.6 is 0 Å². The van der Waals surface area contributed by atoms with Gasteiger partial charge in [0.05, 0.1) is 18.4 Å². The van der Waals surface area contributed by atoms with Crippen molar-refractivity contribution in [1.29, 1.82) is 0 Å². The Morgan fingerprint density at radius 3 is 2.59 bits per heavy atom. The molecule has 2 amide bonds. The Hall–Kier alpha value is -3.30. The van der Waals surface area contributed by atoms with Gasteiger partial charge in [-0.05, 0) is 6.92 Å². The molecule has 0 saturated carbocycles. The van der Waals surface area contributed by atoms with E-state index < -0.39 is 24.1 Å². The minimum Gasteiger partial charge on any atom is -0.492 e. The lowest BCUT2D eigenvalue weighted by molar-refractivity contribution is 0.0896. The second kappa shape index (κ2) is 6.78. The number of aromatic nitrogens is 1. The molecule has 27 heavy (non-hydrogen) atoms. The van der Waals surface area contributed by atoms with E-state index in [9.17, 15) is 19.2 Å². The van der Waals surface area contributed by atoms with Crippen molar-refractivity contribution in [2.45, 2.75) is 32.6 Å².